The summed E-state index contributed by atoms with van der Waals surface area (Å²) in [7, 11) is 0. The van der Waals surface area contributed by atoms with Crippen molar-refractivity contribution in [2.75, 3.05) is 5.32 Å². The maximum atomic E-state index is 13.4. The van der Waals surface area contributed by atoms with Gasteiger partial charge in [0.05, 0.1) is 0 Å². The van der Waals surface area contributed by atoms with E-state index < -0.39 is 6.04 Å². The topological polar surface area (TPSA) is 75.2 Å². The lowest BCUT2D eigenvalue weighted by molar-refractivity contribution is -0.133. The number of hydrogen-bond donors (Lipinski definition) is 1. The molecule has 1 atom stereocenters. The summed E-state index contributed by atoms with van der Waals surface area (Å²) in [6.45, 7) is 4.39. The molecule has 6 nitrogen and oxygen atoms in total. The fraction of sp³-hybridized carbons (Fsp3) is 0.444. The van der Waals surface area contributed by atoms with Crippen molar-refractivity contribution in [3.8, 4) is 0 Å². The minimum atomic E-state index is -0.580. The zero-order chi connectivity index (χ0) is 18.7. The Labute approximate surface area is 155 Å². The number of likely N-dealkylation sites (tertiary alicyclic amines) is 1. The van der Waals surface area contributed by atoms with Gasteiger partial charge in [-0.2, -0.15) is 0 Å². The molecular weight excluding hydrogens is 355 g/mol. The van der Waals surface area contributed by atoms with E-state index in [4.69, 9.17) is 0 Å². The van der Waals surface area contributed by atoms with E-state index in [9.17, 15) is 14.0 Å². The molecule has 3 rings (SSSR count). The lowest BCUT2D eigenvalue weighted by Crippen LogP contribution is -2.41. The van der Waals surface area contributed by atoms with Crippen LogP contribution >= 0.6 is 11.3 Å². The average Bonchev–Trinajstić information content (AvgIpc) is 3.14. The Hall–Kier alpha value is -2.35. The number of carbonyl (C=O) groups is 2. The number of rotatable bonds is 6. The normalized spacial score (nSPS) is 17.2. The van der Waals surface area contributed by atoms with Crippen LogP contribution in [0.1, 0.15) is 37.3 Å². The summed E-state index contributed by atoms with van der Waals surface area (Å²) < 4.78 is 13.4. The predicted octanol–water partition coefficient (Wildman–Crippen LogP) is 3.01. The molecule has 1 saturated heterocycles. The molecule has 2 aromatic rings. The number of benzene rings is 1. The summed E-state index contributed by atoms with van der Waals surface area (Å²) in [5.74, 6) is -0.283. The van der Waals surface area contributed by atoms with Gasteiger partial charge in [-0.25, -0.2) is 4.39 Å². The van der Waals surface area contributed by atoms with E-state index in [0.29, 0.717) is 29.5 Å². The number of halogens is 1. The third kappa shape index (κ3) is 4.43. The molecule has 1 aromatic heterocycles. The summed E-state index contributed by atoms with van der Waals surface area (Å²) >= 11 is 1.35. The van der Waals surface area contributed by atoms with Gasteiger partial charge in [-0.1, -0.05) is 37.3 Å². The van der Waals surface area contributed by atoms with E-state index in [1.807, 2.05) is 0 Å². The summed E-state index contributed by atoms with van der Waals surface area (Å²) in [6, 6.07) is 5.49. The molecule has 2 heterocycles. The molecule has 2 amide bonds. The molecule has 1 fully saturated rings. The fourth-order valence-electron chi connectivity index (χ4n) is 2.96. The van der Waals surface area contributed by atoms with Crippen LogP contribution < -0.4 is 5.32 Å². The zero-order valence-electron chi connectivity index (χ0n) is 14.7. The number of aromatic nitrogens is 2. The average molecular weight is 376 g/mol. The lowest BCUT2D eigenvalue weighted by atomic mass is 10.1. The zero-order valence-corrected chi connectivity index (χ0v) is 15.6. The highest BCUT2D eigenvalue weighted by molar-refractivity contribution is 7.15. The van der Waals surface area contributed by atoms with Crippen LogP contribution in [0.15, 0.2) is 24.3 Å². The first-order chi connectivity index (χ1) is 12.4. The Morgan fingerprint density at radius 1 is 1.42 bits per heavy atom. The fourth-order valence-corrected chi connectivity index (χ4v) is 3.92. The highest BCUT2D eigenvalue weighted by atomic mass is 32.1. The first-order valence-corrected chi connectivity index (χ1v) is 9.41. The minimum absolute atomic E-state index is 0.104. The largest absolute Gasteiger partial charge is 0.326 e. The molecule has 1 aliphatic heterocycles. The van der Waals surface area contributed by atoms with Gasteiger partial charge in [0.1, 0.15) is 16.9 Å². The number of amides is 2. The lowest BCUT2D eigenvalue weighted by Gasteiger charge is -2.23. The Bertz CT molecular complexity index is 808. The molecule has 8 heteroatoms. The standard InChI is InChI=1S/C18H21FN4O2S/c1-11(2)8-15-21-22-18(26-15)20-17(25)14-6-7-16(24)23(14)10-12-4-3-5-13(19)9-12/h3-5,9,11,14H,6-8,10H2,1-2H3,(H,20,22,25). The number of nitrogens with zero attached hydrogens (tertiary/aromatic N) is 3. The van der Waals surface area contributed by atoms with Crippen LogP contribution in [-0.2, 0) is 22.6 Å². The van der Waals surface area contributed by atoms with E-state index >= 15 is 0 Å². The molecule has 1 aromatic carbocycles. The second-order valence-electron chi connectivity index (χ2n) is 6.79. The highest BCUT2D eigenvalue weighted by Gasteiger charge is 2.36. The van der Waals surface area contributed by atoms with Gasteiger partial charge < -0.3 is 4.90 Å². The molecule has 138 valence electrons. The van der Waals surface area contributed by atoms with Crippen molar-refractivity contribution in [1.29, 1.82) is 0 Å². The van der Waals surface area contributed by atoms with Gasteiger partial charge in [-0.05, 0) is 30.0 Å². The van der Waals surface area contributed by atoms with Crippen LogP contribution in [0, 0.1) is 11.7 Å². The second kappa shape index (κ2) is 7.90. The van der Waals surface area contributed by atoms with Gasteiger partial charge in [0.2, 0.25) is 16.9 Å². The smallest absolute Gasteiger partial charge is 0.249 e. The van der Waals surface area contributed by atoms with Gasteiger partial charge in [-0.3, -0.25) is 14.9 Å². The molecule has 1 N–H and O–H groups in total. The first kappa shape index (κ1) is 18.4. The first-order valence-electron chi connectivity index (χ1n) is 8.59. The number of hydrogen-bond acceptors (Lipinski definition) is 5. The Balaban J connectivity index is 1.67. The maximum absolute atomic E-state index is 13.4. The molecule has 0 saturated carbocycles. The molecule has 1 unspecified atom stereocenters. The molecule has 0 aliphatic carbocycles. The SMILES string of the molecule is CC(C)Cc1nnc(NC(=O)C2CCC(=O)N2Cc2cccc(F)c2)s1. The van der Waals surface area contributed by atoms with Crippen LogP contribution in [0.4, 0.5) is 9.52 Å². The monoisotopic (exact) mass is 376 g/mol. The predicted molar refractivity (Wildman–Crippen MR) is 97.1 cm³/mol. The van der Waals surface area contributed by atoms with Crippen LogP contribution in [0.3, 0.4) is 0 Å². The van der Waals surface area contributed by atoms with Crippen molar-refractivity contribution in [2.45, 2.75) is 45.7 Å². The van der Waals surface area contributed by atoms with E-state index in [-0.39, 0.29) is 24.2 Å². The molecule has 0 spiro atoms. The van der Waals surface area contributed by atoms with Crippen molar-refractivity contribution < 1.29 is 14.0 Å². The third-order valence-electron chi connectivity index (χ3n) is 4.15. The summed E-state index contributed by atoms with van der Waals surface area (Å²) in [5.41, 5.74) is 0.660. The van der Waals surface area contributed by atoms with Gasteiger partial charge in [0.15, 0.2) is 0 Å². The van der Waals surface area contributed by atoms with E-state index in [1.54, 1.807) is 12.1 Å². The van der Waals surface area contributed by atoms with E-state index in [2.05, 4.69) is 29.4 Å². The van der Waals surface area contributed by atoms with Crippen molar-refractivity contribution in [2.24, 2.45) is 5.92 Å². The summed E-state index contributed by atoms with van der Waals surface area (Å²) in [6.07, 6.45) is 1.56. The molecule has 26 heavy (non-hydrogen) atoms. The third-order valence-corrected chi connectivity index (χ3v) is 5.01. The second-order valence-corrected chi connectivity index (χ2v) is 7.86. The van der Waals surface area contributed by atoms with Crippen molar-refractivity contribution >= 4 is 28.3 Å². The Morgan fingerprint density at radius 2 is 2.23 bits per heavy atom. The van der Waals surface area contributed by atoms with Crippen LogP contribution in [0.2, 0.25) is 0 Å². The van der Waals surface area contributed by atoms with Crippen molar-refractivity contribution in [3.63, 3.8) is 0 Å². The van der Waals surface area contributed by atoms with Crippen molar-refractivity contribution in [3.05, 3.63) is 40.7 Å². The van der Waals surface area contributed by atoms with Crippen LogP contribution in [0.25, 0.3) is 0 Å². The Morgan fingerprint density at radius 3 is 2.96 bits per heavy atom. The number of anilines is 1. The van der Waals surface area contributed by atoms with E-state index in [1.165, 1.54) is 28.4 Å². The van der Waals surface area contributed by atoms with Crippen LogP contribution in [-0.4, -0.2) is 33.0 Å². The molecule has 0 radical (unpaired) electrons. The van der Waals surface area contributed by atoms with Gasteiger partial charge in [-0.15, -0.1) is 10.2 Å². The highest BCUT2D eigenvalue weighted by Crippen LogP contribution is 2.24. The summed E-state index contributed by atoms with van der Waals surface area (Å²) in [5, 5.41) is 12.2. The van der Waals surface area contributed by atoms with Gasteiger partial charge >= 0.3 is 0 Å². The summed E-state index contributed by atoms with van der Waals surface area (Å²) in [4.78, 5) is 26.3. The quantitative estimate of drug-likeness (QED) is 0.841. The number of nitrogens with one attached hydrogen (secondary N) is 1. The number of carbonyl (C=O) groups excluding carboxylic acids is 2. The van der Waals surface area contributed by atoms with E-state index in [0.717, 1.165) is 11.4 Å². The molecule has 1 aliphatic rings. The molecular formula is C18H21FN4O2S. The maximum Gasteiger partial charge on any atom is 0.249 e. The van der Waals surface area contributed by atoms with Gasteiger partial charge in [0, 0.05) is 19.4 Å². The minimum Gasteiger partial charge on any atom is -0.326 e. The van der Waals surface area contributed by atoms with Crippen LogP contribution in [0.5, 0.6) is 0 Å². The van der Waals surface area contributed by atoms with Gasteiger partial charge in [0.25, 0.3) is 0 Å². The van der Waals surface area contributed by atoms with Crippen molar-refractivity contribution in [1.82, 2.24) is 15.1 Å². The molecule has 0 bridgehead atoms. The Kier molecular flexibility index (Phi) is 5.61.